The summed E-state index contributed by atoms with van der Waals surface area (Å²) in [5.41, 5.74) is 1.83. The lowest BCUT2D eigenvalue weighted by Gasteiger charge is -2.12. The van der Waals surface area contributed by atoms with E-state index in [0.29, 0.717) is 26.1 Å². The fourth-order valence-corrected chi connectivity index (χ4v) is 2.32. The maximum Gasteiger partial charge on any atom is 0.315 e. The molecule has 1 atom stereocenters. The number of aliphatic hydroxyl groups is 1. The Balaban J connectivity index is 1.69. The van der Waals surface area contributed by atoms with Crippen molar-refractivity contribution in [2.45, 2.75) is 26.0 Å². The molecule has 5 nitrogen and oxygen atoms in total. The SMILES string of the molecule is CCOc1cccc(CNC(=O)NCCC(O)c2ccccc2)c1. The van der Waals surface area contributed by atoms with Gasteiger partial charge in [0.1, 0.15) is 5.75 Å². The second kappa shape index (κ2) is 9.57. The minimum Gasteiger partial charge on any atom is -0.494 e. The highest BCUT2D eigenvalue weighted by molar-refractivity contribution is 5.73. The summed E-state index contributed by atoms with van der Waals surface area (Å²) in [6.45, 7) is 3.37. The molecule has 0 aliphatic heterocycles. The van der Waals surface area contributed by atoms with Crippen molar-refractivity contribution < 1.29 is 14.6 Å². The molecule has 0 fully saturated rings. The summed E-state index contributed by atoms with van der Waals surface area (Å²) in [6, 6.07) is 16.8. The molecule has 2 aromatic carbocycles. The summed E-state index contributed by atoms with van der Waals surface area (Å²) < 4.78 is 5.43. The first kappa shape index (κ1) is 17.8. The van der Waals surface area contributed by atoms with Crippen LogP contribution >= 0.6 is 0 Å². The van der Waals surface area contributed by atoms with Crippen LogP contribution in [0.4, 0.5) is 4.79 Å². The van der Waals surface area contributed by atoms with Crippen molar-refractivity contribution in [1.29, 1.82) is 0 Å². The van der Waals surface area contributed by atoms with Gasteiger partial charge in [-0.05, 0) is 36.6 Å². The number of nitrogens with one attached hydrogen (secondary N) is 2. The molecule has 24 heavy (non-hydrogen) atoms. The van der Waals surface area contributed by atoms with E-state index >= 15 is 0 Å². The molecule has 0 radical (unpaired) electrons. The van der Waals surface area contributed by atoms with Gasteiger partial charge in [-0.25, -0.2) is 4.79 Å². The van der Waals surface area contributed by atoms with Gasteiger partial charge in [0.15, 0.2) is 0 Å². The zero-order chi connectivity index (χ0) is 17.2. The van der Waals surface area contributed by atoms with Gasteiger partial charge in [-0.2, -0.15) is 0 Å². The molecule has 0 bridgehead atoms. The molecule has 0 aliphatic rings. The molecule has 2 rings (SSSR count). The molecule has 0 heterocycles. The van der Waals surface area contributed by atoms with Gasteiger partial charge in [0.2, 0.25) is 0 Å². The van der Waals surface area contributed by atoms with E-state index < -0.39 is 6.10 Å². The number of ether oxygens (including phenoxy) is 1. The van der Waals surface area contributed by atoms with E-state index in [9.17, 15) is 9.90 Å². The molecule has 0 spiro atoms. The zero-order valence-electron chi connectivity index (χ0n) is 13.9. The first-order chi connectivity index (χ1) is 11.7. The maximum atomic E-state index is 11.8. The molecule has 2 amide bonds. The number of urea groups is 1. The maximum absolute atomic E-state index is 11.8. The van der Waals surface area contributed by atoms with Crippen LogP contribution in [0.3, 0.4) is 0 Å². The van der Waals surface area contributed by atoms with Gasteiger partial charge in [-0.15, -0.1) is 0 Å². The van der Waals surface area contributed by atoms with Gasteiger partial charge in [-0.1, -0.05) is 42.5 Å². The molecule has 0 saturated heterocycles. The summed E-state index contributed by atoms with van der Waals surface area (Å²) in [5.74, 6) is 0.795. The molecule has 128 valence electrons. The molecular weight excluding hydrogens is 304 g/mol. The fourth-order valence-electron chi connectivity index (χ4n) is 2.32. The topological polar surface area (TPSA) is 70.6 Å². The third kappa shape index (κ3) is 5.93. The molecule has 5 heteroatoms. The van der Waals surface area contributed by atoms with Crippen LogP contribution in [0.25, 0.3) is 0 Å². The van der Waals surface area contributed by atoms with Crippen molar-refractivity contribution in [3.63, 3.8) is 0 Å². The Kier molecular flexibility index (Phi) is 7.11. The van der Waals surface area contributed by atoms with Crippen molar-refractivity contribution >= 4 is 6.03 Å². The molecule has 1 unspecified atom stereocenters. The van der Waals surface area contributed by atoms with Gasteiger partial charge in [0.25, 0.3) is 0 Å². The fraction of sp³-hybridized carbons (Fsp3) is 0.316. The molecule has 0 saturated carbocycles. The van der Waals surface area contributed by atoms with Crippen LogP contribution < -0.4 is 15.4 Å². The van der Waals surface area contributed by atoms with E-state index in [-0.39, 0.29) is 6.03 Å². The van der Waals surface area contributed by atoms with E-state index in [1.165, 1.54) is 0 Å². The summed E-state index contributed by atoms with van der Waals surface area (Å²) in [7, 11) is 0. The highest BCUT2D eigenvalue weighted by atomic mass is 16.5. The Bertz CT molecular complexity index is 632. The van der Waals surface area contributed by atoms with Crippen molar-refractivity contribution in [3.8, 4) is 5.75 Å². The number of carbonyl (C=O) groups excluding carboxylic acids is 1. The summed E-state index contributed by atoms with van der Waals surface area (Å²) in [4.78, 5) is 11.8. The van der Waals surface area contributed by atoms with Crippen molar-refractivity contribution in [2.24, 2.45) is 0 Å². The van der Waals surface area contributed by atoms with E-state index in [1.54, 1.807) is 0 Å². The van der Waals surface area contributed by atoms with Crippen LogP contribution in [0.5, 0.6) is 5.75 Å². The van der Waals surface area contributed by atoms with E-state index in [4.69, 9.17) is 4.74 Å². The normalized spacial score (nSPS) is 11.6. The largest absolute Gasteiger partial charge is 0.494 e. The highest BCUT2D eigenvalue weighted by Gasteiger charge is 2.07. The van der Waals surface area contributed by atoms with Crippen LogP contribution in [0.15, 0.2) is 54.6 Å². The first-order valence-electron chi connectivity index (χ1n) is 8.15. The Morgan fingerprint density at radius 1 is 1.12 bits per heavy atom. The lowest BCUT2D eigenvalue weighted by molar-refractivity contribution is 0.167. The van der Waals surface area contributed by atoms with Crippen LogP contribution in [0.2, 0.25) is 0 Å². The van der Waals surface area contributed by atoms with Crippen LogP contribution in [0.1, 0.15) is 30.6 Å². The lowest BCUT2D eigenvalue weighted by atomic mass is 10.1. The molecule has 2 aromatic rings. The summed E-state index contributed by atoms with van der Waals surface area (Å²) in [5, 5.41) is 15.6. The standard InChI is InChI=1S/C19H24N2O3/c1-2-24-17-10-6-7-15(13-17)14-21-19(23)20-12-11-18(22)16-8-4-3-5-9-16/h3-10,13,18,22H,2,11-12,14H2,1H3,(H2,20,21,23). The Labute approximate surface area is 142 Å². The smallest absolute Gasteiger partial charge is 0.315 e. The Morgan fingerprint density at radius 2 is 1.92 bits per heavy atom. The predicted molar refractivity (Wildman–Crippen MR) is 93.9 cm³/mol. The molecule has 0 aliphatic carbocycles. The van der Waals surface area contributed by atoms with Crippen LogP contribution in [-0.4, -0.2) is 24.3 Å². The van der Waals surface area contributed by atoms with Crippen molar-refractivity contribution in [1.82, 2.24) is 10.6 Å². The zero-order valence-corrected chi connectivity index (χ0v) is 13.9. The number of aliphatic hydroxyl groups excluding tert-OH is 1. The van der Waals surface area contributed by atoms with Gasteiger partial charge >= 0.3 is 6.03 Å². The minimum atomic E-state index is -0.575. The van der Waals surface area contributed by atoms with Crippen LogP contribution in [-0.2, 0) is 6.54 Å². The van der Waals surface area contributed by atoms with Gasteiger partial charge in [-0.3, -0.25) is 0 Å². The molecule has 3 N–H and O–H groups in total. The van der Waals surface area contributed by atoms with Gasteiger partial charge in [0, 0.05) is 13.1 Å². The van der Waals surface area contributed by atoms with Gasteiger partial charge < -0.3 is 20.5 Å². The van der Waals surface area contributed by atoms with E-state index in [1.807, 2.05) is 61.5 Å². The second-order valence-corrected chi connectivity index (χ2v) is 5.41. The second-order valence-electron chi connectivity index (χ2n) is 5.41. The Hall–Kier alpha value is -2.53. The minimum absolute atomic E-state index is 0.253. The highest BCUT2D eigenvalue weighted by Crippen LogP contribution is 2.15. The van der Waals surface area contributed by atoms with Crippen LogP contribution in [0, 0.1) is 0 Å². The number of hydrogen-bond acceptors (Lipinski definition) is 3. The summed E-state index contributed by atoms with van der Waals surface area (Å²) in [6.07, 6.45) is -0.105. The third-order valence-electron chi connectivity index (χ3n) is 3.55. The summed E-state index contributed by atoms with van der Waals surface area (Å²) >= 11 is 0. The average molecular weight is 328 g/mol. The van der Waals surface area contributed by atoms with Crippen molar-refractivity contribution in [3.05, 3.63) is 65.7 Å². The average Bonchev–Trinajstić information content (AvgIpc) is 2.61. The van der Waals surface area contributed by atoms with E-state index in [0.717, 1.165) is 16.9 Å². The van der Waals surface area contributed by atoms with Gasteiger partial charge in [0.05, 0.1) is 12.7 Å². The van der Waals surface area contributed by atoms with E-state index in [2.05, 4.69) is 10.6 Å². The Morgan fingerprint density at radius 3 is 2.67 bits per heavy atom. The molecule has 0 aromatic heterocycles. The number of carbonyl (C=O) groups is 1. The third-order valence-corrected chi connectivity index (χ3v) is 3.55. The lowest BCUT2D eigenvalue weighted by Crippen LogP contribution is -2.36. The number of benzene rings is 2. The predicted octanol–water partition coefficient (Wildman–Crippen LogP) is 3.01. The quantitative estimate of drug-likeness (QED) is 0.697. The number of amides is 2. The number of rotatable bonds is 8. The van der Waals surface area contributed by atoms with Crippen molar-refractivity contribution in [2.75, 3.05) is 13.2 Å². The number of hydrogen-bond donors (Lipinski definition) is 3. The monoisotopic (exact) mass is 328 g/mol. The molecular formula is C19H24N2O3. The first-order valence-corrected chi connectivity index (χ1v) is 8.15.